The molecule has 0 aliphatic carbocycles. The van der Waals surface area contributed by atoms with E-state index in [1.807, 2.05) is 0 Å². The normalized spacial score (nSPS) is 12.0. The number of benzene rings is 2. The Morgan fingerprint density at radius 3 is 2.51 bits per heavy atom. The molecule has 8 nitrogen and oxygen atoms in total. The second-order valence-corrected chi connectivity index (χ2v) is 8.09. The lowest BCUT2D eigenvalue weighted by molar-refractivity contribution is -0.115. The van der Waals surface area contributed by atoms with Crippen molar-refractivity contribution in [1.29, 1.82) is 0 Å². The molecule has 0 radical (unpaired) electrons. The van der Waals surface area contributed by atoms with Crippen molar-refractivity contribution in [2.75, 3.05) is 11.9 Å². The summed E-state index contributed by atoms with van der Waals surface area (Å²) in [6.45, 7) is -4.39. The van der Waals surface area contributed by atoms with Crippen LogP contribution in [0.2, 0.25) is 0 Å². The summed E-state index contributed by atoms with van der Waals surface area (Å²) in [6.07, 6.45) is 0.0726. The van der Waals surface area contributed by atoms with Gasteiger partial charge in [0.1, 0.15) is 12.3 Å². The molecule has 0 spiro atoms. The molecule has 0 aliphatic rings. The molecule has 0 atom stereocenters. The molecule has 3 aromatic heterocycles. The van der Waals surface area contributed by atoms with Gasteiger partial charge in [0.05, 0.1) is 16.6 Å². The fraction of sp³-hybridized carbons (Fsp3) is 0.167. The standard InChI is InChI=1S/C24H17F5N6O2/c1-34-10-14-8-16(4-7-18(14)33-34)35-11-15-9-30-23(31-12-24(27,28)29)32-20(15)19(21(35)36)13-2-5-17(6-3-13)37-22(25)26/h2-11,22H,12H2,1H3,(H,31,32). The van der Waals surface area contributed by atoms with Gasteiger partial charge in [0.25, 0.3) is 5.56 Å². The number of hydrogen-bond acceptors (Lipinski definition) is 6. The Labute approximate surface area is 204 Å². The SMILES string of the molecule is Cn1cc2cc(-n3cc4cnc(NCC(F)(F)F)nc4c(-c4ccc(OC(F)F)cc4)c3=O)ccc2n1. The lowest BCUT2D eigenvalue weighted by Gasteiger charge is -2.14. The van der Waals surface area contributed by atoms with Gasteiger partial charge in [0.15, 0.2) is 0 Å². The van der Waals surface area contributed by atoms with Crippen molar-refractivity contribution in [1.82, 2.24) is 24.3 Å². The third-order valence-electron chi connectivity index (χ3n) is 5.45. The van der Waals surface area contributed by atoms with Crippen LogP contribution >= 0.6 is 0 Å². The van der Waals surface area contributed by atoms with Gasteiger partial charge in [-0.05, 0) is 35.9 Å². The molecule has 0 amide bonds. The van der Waals surface area contributed by atoms with Crippen LogP contribution in [0.25, 0.3) is 38.6 Å². The number of fused-ring (bicyclic) bond motifs is 2. The number of anilines is 1. The number of nitrogens with zero attached hydrogens (tertiary/aromatic N) is 5. The maximum Gasteiger partial charge on any atom is 0.405 e. The summed E-state index contributed by atoms with van der Waals surface area (Å²) < 4.78 is 70.6. The summed E-state index contributed by atoms with van der Waals surface area (Å²) >= 11 is 0. The van der Waals surface area contributed by atoms with Gasteiger partial charge in [-0.2, -0.15) is 27.1 Å². The summed E-state index contributed by atoms with van der Waals surface area (Å²) in [5.74, 6) is -0.443. The fourth-order valence-electron chi connectivity index (χ4n) is 3.91. The highest BCUT2D eigenvalue weighted by molar-refractivity contribution is 5.93. The number of hydrogen-bond donors (Lipinski definition) is 1. The first-order valence-electron chi connectivity index (χ1n) is 10.8. The van der Waals surface area contributed by atoms with Gasteiger partial charge in [0.2, 0.25) is 5.95 Å². The number of halogens is 5. The van der Waals surface area contributed by atoms with E-state index < -0.39 is 24.9 Å². The van der Waals surface area contributed by atoms with Crippen LogP contribution in [-0.2, 0) is 7.05 Å². The molecule has 0 saturated carbocycles. The van der Waals surface area contributed by atoms with E-state index in [4.69, 9.17) is 0 Å². The van der Waals surface area contributed by atoms with Crippen LogP contribution in [0.3, 0.4) is 0 Å². The first kappa shape index (κ1) is 24.2. The van der Waals surface area contributed by atoms with Crippen LogP contribution in [0.1, 0.15) is 0 Å². The lowest BCUT2D eigenvalue weighted by Crippen LogP contribution is -2.23. The van der Waals surface area contributed by atoms with E-state index in [2.05, 4.69) is 25.1 Å². The van der Waals surface area contributed by atoms with Crippen molar-refractivity contribution in [3.63, 3.8) is 0 Å². The molecule has 5 rings (SSSR count). The molecule has 2 aromatic carbocycles. The molecular formula is C24H17F5N6O2. The Hall–Kier alpha value is -4.55. The van der Waals surface area contributed by atoms with E-state index >= 15 is 0 Å². The van der Waals surface area contributed by atoms with E-state index in [0.717, 1.165) is 10.9 Å². The monoisotopic (exact) mass is 516 g/mol. The van der Waals surface area contributed by atoms with Gasteiger partial charge in [0, 0.05) is 42.1 Å². The van der Waals surface area contributed by atoms with Gasteiger partial charge in [-0.3, -0.25) is 14.0 Å². The van der Waals surface area contributed by atoms with E-state index in [-0.39, 0.29) is 22.8 Å². The topological polar surface area (TPSA) is 86.9 Å². The Bertz CT molecular complexity index is 1660. The smallest absolute Gasteiger partial charge is 0.405 e. The van der Waals surface area contributed by atoms with E-state index in [0.29, 0.717) is 16.6 Å². The predicted octanol–water partition coefficient (Wildman–Crippen LogP) is 4.91. The van der Waals surface area contributed by atoms with Crippen LogP contribution in [0.5, 0.6) is 5.75 Å². The van der Waals surface area contributed by atoms with Crippen molar-refractivity contribution in [3.8, 4) is 22.6 Å². The van der Waals surface area contributed by atoms with E-state index in [1.54, 1.807) is 36.1 Å². The minimum absolute atomic E-state index is 0.0461. The number of rotatable bonds is 6. The largest absolute Gasteiger partial charge is 0.435 e. The molecule has 0 saturated heterocycles. The summed E-state index contributed by atoms with van der Waals surface area (Å²) in [5, 5.41) is 7.57. The summed E-state index contributed by atoms with van der Waals surface area (Å²) in [4.78, 5) is 21.9. The maximum atomic E-state index is 13.7. The first-order chi connectivity index (χ1) is 17.6. The van der Waals surface area contributed by atoms with Gasteiger partial charge in [-0.15, -0.1) is 0 Å². The zero-order valence-corrected chi connectivity index (χ0v) is 19.0. The van der Waals surface area contributed by atoms with E-state index in [1.165, 1.54) is 41.2 Å². The molecule has 0 fully saturated rings. The molecule has 5 aromatic rings. The first-order valence-corrected chi connectivity index (χ1v) is 10.8. The Balaban J connectivity index is 1.69. The van der Waals surface area contributed by atoms with Crippen molar-refractivity contribution in [2.24, 2.45) is 7.05 Å². The molecule has 3 heterocycles. The van der Waals surface area contributed by atoms with E-state index in [9.17, 15) is 26.7 Å². The Kier molecular flexibility index (Phi) is 5.97. The summed E-state index contributed by atoms with van der Waals surface area (Å²) in [6, 6.07) is 10.5. The van der Waals surface area contributed by atoms with Gasteiger partial charge in [-0.25, -0.2) is 9.97 Å². The maximum absolute atomic E-state index is 13.7. The highest BCUT2D eigenvalue weighted by atomic mass is 19.4. The van der Waals surface area contributed by atoms with Gasteiger partial charge < -0.3 is 10.1 Å². The molecule has 0 unspecified atom stereocenters. The zero-order chi connectivity index (χ0) is 26.3. The quantitative estimate of drug-likeness (QED) is 0.323. The number of alkyl halides is 5. The third kappa shape index (κ3) is 5.06. The van der Waals surface area contributed by atoms with Crippen LogP contribution in [0.15, 0.2) is 65.8 Å². The number of aromatic nitrogens is 5. The van der Waals surface area contributed by atoms with Crippen molar-refractivity contribution in [2.45, 2.75) is 12.8 Å². The second kappa shape index (κ2) is 9.15. The van der Waals surface area contributed by atoms with Gasteiger partial charge >= 0.3 is 12.8 Å². The minimum atomic E-state index is -4.50. The average molecular weight is 516 g/mol. The molecule has 1 N–H and O–H groups in total. The number of nitrogens with one attached hydrogen (secondary N) is 1. The van der Waals surface area contributed by atoms with Crippen LogP contribution < -0.4 is 15.6 Å². The second-order valence-electron chi connectivity index (χ2n) is 8.09. The molecule has 0 aliphatic heterocycles. The van der Waals surface area contributed by atoms with Crippen LogP contribution in [-0.4, -0.2) is 43.6 Å². The number of pyridine rings is 1. The average Bonchev–Trinajstić information content (AvgIpc) is 3.21. The third-order valence-corrected chi connectivity index (χ3v) is 5.45. The van der Waals surface area contributed by atoms with Crippen molar-refractivity contribution >= 4 is 27.8 Å². The minimum Gasteiger partial charge on any atom is -0.435 e. The van der Waals surface area contributed by atoms with Crippen LogP contribution in [0.4, 0.5) is 27.9 Å². The Morgan fingerprint density at radius 2 is 1.81 bits per heavy atom. The molecule has 0 bridgehead atoms. The highest BCUT2D eigenvalue weighted by Crippen LogP contribution is 2.28. The molecule has 13 heteroatoms. The fourth-order valence-corrected chi connectivity index (χ4v) is 3.91. The number of ether oxygens (including phenoxy) is 1. The molecular weight excluding hydrogens is 499 g/mol. The predicted molar refractivity (Wildman–Crippen MR) is 126 cm³/mol. The summed E-state index contributed by atoms with van der Waals surface area (Å²) in [5.41, 5.74) is 1.13. The van der Waals surface area contributed by atoms with Crippen molar-refractivity contribution in [3.05, 3.63) is 71.4 Å². The highest BCUT2D eigenvalue weighted by Gasteiger charge is 2.27. The number of aryl methyl sites for hydroxylation is 1. The Morgan fingerprint density at radius 1 is 1.05 bits per heavy atom. The summed E-state index contributed by atoms with van der Waals surface area (Å²) in [7, 11) is 1.77. The van der Waals surface area contributed by atoms with Gasteiger partial charge in [-0.1, -0.05) is 12.1 Å². The molecule has 190 valence electrons. The van der Waals surface area contributed by atoms with Crippen LogP contribution in [0, 0.1) is 0 Å². The van der Waals surface area contributed by atoms with Crippen molar-refractivity contribution < 1.29 is 26.7 Å². The molecule has 37 heavy (non-hydrogen) atoms. The zero-order valence-electron chi connectivity index (χ0n) is 19.0. The lowest BCUT2D eigenvalue weighted by atomic mass is 10.0.